The van der Waals surface area contributed by atoms with E-state index in [9.17, 15) is 9.59 Å². The average Bonchev–Trinajstić information content (AvgIpc) is 3.05. The quantitative estimate of drug-likeness (QED) is 0.505. The lowest BCUT2D eigenvalue weighted by molar-refractivity contribution is -0.128. The molecule has 2 aromatic carbocycles. The van der Waals surface area contributed by atoms with Gasteiger partial charge in [-0.15, -0.1) is 0 Å². The molecule has 1 fully saturated rings. The topological polar surface area (TPSA) is 55.8 Å². The first kappa shape index (κ1) is 19.5. The number of esters is 1. The summed E-state index contributed by atoms with van der Waals surface area (Å²) >= 11 is 12.0. The third kappa shape index (κ3) is 5.15. The predicted octanol–water partition coefficient (Wildman–Crippen LogP) is 4.35. The second kappa shape index (κ2) is 9.11. The van der Waals surface area contributed by atoms with Gasteiger partial charge in [-0.25, -0.2) is 4.79 Å². The van der Waals surface area contributed by atoms with E-state index in [0.29, 0.717) is 34.3 Å². The van der Waals surface area contributed by atoms with Crippen LogP contribution in [0.3, 0.4) is 0 Å². The van der Waals surface area contributed by atoms with Gasteiger partial charge < -0.3 is 14.4 Å². The SMILES string of the molecule is O=C(OCCOc1c(Cl)cccc1Cl)c1cccc(CN2CCCC2=O)c1. The van der Waals surface area contributed by atoms with E-state index in [1.54, 1.807) is 41.3 Å². The van der Waals surface area contributed by atoms with Gasteiger partial charge in [-0.1, -0.05) is 41.4 Å². The van der Waals surface area contributed by atoms with Gasteiger partial charge in [-0.2, -0.15) is 0 Å². The molecule has 1 aliphatic rings. The molecule has 0 N–H and O–H groups in total. The fourth-order valence-corrected chi connectivity index (χ4v) is 3.38. The molecule has 0 atom stereocenters. The van der Waals surface area contributed by atoms with Crippen molar-refractivity contribution in [2.45, 2.75) is 19.4 Å². The van der Waals surface area contributed by atoms with Gasteiger partial charge in [0, 0.05) is 19.5 Å². The highest BCUT2D eigenvalue weighted by Gasteiger charge is 2.20. The Kier molecular flexibility index (Phi) is 6.58. The molecular weight excluding hydrogens is 389 g/mol. The monoisotopic (exact) mass is 407 g/mol. The van der Waals surface area contributed by atoms with Crippen LogP contribution < -0.4 is 4.74 Å². The molecule has 0 aliphatic carbocycles. The Labute approximate surface area is 167 Å². The number of hydrogen-bond donors (Lipinski definition) is 0. The van der Waals surface area contributed by atoms with Crippen LogP contribution in [0.15, 0.2) is 42.5 Å². The van der Waals surface area contributed by atoms with Crippen molar-refractivity contribution in [3.63, 3.8) is 0 Å². The number of likely N-dealkylation sites (tertiary alicyclic amines) is 1. The number of carbonyl (C=O) groups is 2. The lowest BCUT2D eigenvalue weighted by atomic mass is 10.1. The minimum atomic E-state index is -0.446. The second-order valence-corrected chi connectivity index (χ2v) is 6.97. The van der Waals surface area contributed by atoms with E-state index in [0.717, 1.165) is 18.5 Å². The summed E-state index contributed by atoms with van der Waals surface area (Å²) in [5.74, 6) is 0.0750. The molecule has 3 rings (SSSR count). The predicted molar refractivity (Wildman–Crippen MR) is 103 cm³/mol. The maximum Gasteiger partial charge on any atom is 0.338 e. The molecule has 0 bridgehead atoms. The van der Waals surface area contributed by atoms with E-state index in [4.69, 9.17) is 32.7 Å². The van der Waals surface area contributed by atoms with E-state index in [2.05, 4.69) is 0 Å². The van der Waals surface area contributed by atoms with Crippen LogP contribution in [0.5, 0.6) is 5.75 Å². The molecule has 27 heavy (non-hydrogen) atoms. The zero-order valence-electron chi connectivity index (χ0n) is 14.6. The highest BCUT2D eigenvalue weighted by Crippen LogP contribution is 2.32. The number of halogens is 2. The van der Waals surface area contributed by atoms with E-state index in [-0.39, 0.29) is 19.1 Å². The summed E-state index contributed by atoms with van der Waals surface area (Å²) in [5.41, 5.74) is 1.34. The van der Waals surface area contributed by atoms with Gasteiger partial charge in [0.1, 0.15) is 13.2 Å². The normalized spacial score (nSPS) is 13.7. The highest BCUT2D eigenvalue weighted by atomic mass is 35.5. The molecule has 7 heteroatoms. The molecule has 2 aromatic rings. The molecule has 0 unspecified atom stereocenters. The molecule has 1 amide bonds. The van der Waals surface area contributed by atoms with Gasteiger partial charge in [-0.05, 0) is 36.2 Å². The minimum absolute atomic E-state index is 0.0647. The number of ether oxygens (including phenoxy) is 2. The molecule has 0 radical (unpaired) electrons. The van der Waals surface area contributed by atoms with Gasteiger partial charge in [0.15, 0.2) is 5.75 Å². The Morgan fingerprint density at radius 2 is 1.81 bits per heavy atom. The summed E-state index contributed by atoms with van der Waals surface area (Å²) in [5, 5.41) is 0.802. The molecule has 142 valence electrons. The van der Waals surface area contributed by atoms with E-state index in [1.807, 2.05) is 6.07 Å². The Bertz CT molecular complexity index is 820. The fourth-order valence-electron chi connectivity index (χ4n) is 2.87. The maximum atomic E-state index is 12.2. The second-order valence-electron chi connectivity index (χ2n) is 6.15. The van der Waals surface area contributed by atoms with E-state index >= 15 is 0 Å². The van der Waals surface area contributed by atoms with E-state index < -0.39 is 5.97 Å². The molecule has 0 saturated carbocycles. The summed E-state index contributed by atoms with van der Waals surface area (Å²) in [6.45, 7) is 1.47. The molecule has 1 aliphatic heterocycles. The Morgan fingerprint density at radius 1 is 1.07 bits per heavy atom. The maximum absolute atomic E-state index is 12.2. The summed E-state index contributed by atoms with van der Waals surface area (Å²) in [4.78, 5) is 25.8. The number of benzene rings is 2. The smallest absolute Gasteiger partial charge is 0.338 e. The molecule has 0 spiro atoms. The van der Waals surface area contributed by atoms with Crippen molar-refractivity contribution in [2.75, 3.05) is 19.8 Å². The van der Waals surface area contributed by atoms with Crippen molar-refractivity contribution >= 4 is 35.1 Å². The standard InChI is InChI=1S/C20H19Cl2NO4/c21-16-6-2-7-17(22)19(16)26-10-11-27-20(25)15-5-1-4-14(12-15)13-23-9-3-8-18(23)24/h1-2,4-7,12H,3,8-11,13H2. The van der Waals surface area contributed by atoms with Crippen molar-refractivity contribution in [1.29, 1.82) is 0 Å². The van der Waals surface area contributed by atoms with Crippen molar-refractivity contribution in [3.05, 3.63) is 63.6 Å². The van der Waals surface area contributed by atoms with Crippen LogP contribution in [0, 0.1) is 0 Å². The number of carbonyl (C=O) groups excluding carboxylic acids is 2. The first-order chi connectivity index (χ1) is 13.0. The van der Waals surface area contributed by atoms with Crippen LogP contribution in [0.25, 0.3) is 0 Å². The third-order valence-corrected chi connectivity index (χ3v) is 4.78. The van der Waals surface area contributed by atoms with E-state index in [1.165, 1.54) is 0 Å². The zero-order chi connectivity index (χ0) is 19.2. The van der Waals surface area contributed by atoms with Crippen LogP contribution in [-0.4, -0.2) is 36.5 Å². The Morgan fingerprint density at radius 3 is 2.52 bits per heavy atom. The van der Waals surface area contributed by atoms with Crippen LogP contribution in [-0.2, 0) is 16.1 Å². The number of nitrogens with zero attached hydrogens (tertiary/aromatic N) is 1. The number of rotatable bonds is 7. The zero-order valence-corrected chi connectivity index (χ0v) is 16.1. The first-order valence-corrected chi connectivity index (χ1v) is 9.41. The van der Waals surface area contributed by atoms with Crippen molar-refractivity contribution in [2.24, 2.45) is 0 Å². The van der Waals surface area contributed by atoms with Gasteiger partial charge in [0.25, 0.3) is 0 Å². The van der Waals surface area contributed by atoms with Crippen molar-refractivity contribution < 1.29 is 19.1 Å². The van der Waals surface area contributed by atoms with Crippen LogP contribution in [0.1, 0.15) is 28.8 Å². The summed E-state index contributed by atoms with van der Waals surface area (Å²) in [6, 6.07) is 12.2. The van der Waals surface area contributed by atoms with Crippen LogP contribution >= 0.6 is 23.2 Å². The van der Waals surface area contributed by atoms with Crippen LogP contribution in [0.2, 0.25) is 10.0 Å². The Hall–Kier alpha value is -2.24. The fraction of sp³-hybridized carbons (Fsp3) is 0.300. The van der Waals surface area contributed by atoms with Gasteiger partial charge >= 0.3 is 5.97 Å². The average molecular weight is 408 g/mol. The molecule has 5 nitrogen and oxygen atoms in total. The van der Waals surface area contributed by atoms with Gasteiger partial charge in [0.2, 0.25) is 5.91 Å². The minimum Gasteiger partial charge on any atom is -0.487 e. The molecular formula is C20H19Cl2NO4. The van der Waals surface area contributed by atoms with Crippen molar-refractivity contribution in [3.8, 4) is 5.75 Å². The molecule has 0 aromatic heterocycles. The molecule has 1 saturated heterocycles. The van der Waals surface area contributed by atoms with Crippen molar-refractivity contribution in [1.82, 2.24) is 4.90 Å². The first-order valence-electron chi connectivity index (χ1n) is 8.65. The summed E-state index contributed by atoms with van der Waals surface area (Å²) in [6.07, 6.45) is 1.48. The highest BCUT2D eigenvalue weighted by molar-refractivity contribution is 6.37. The van der Waals surface area contributed by atoms with Gasteiger partial charge in [0.05, 0.1) is 15.6 Å². The number of hydrogen-bond acceptors (Lipinski definition) is 4. The number of amides is 1. The van der Waals surface area contributed by atoms with Gasteiger partial charge in [-0.3, -0.25) is 4.79 Å². The third-order valence-electron chi connectivity index (χ3n) is 4.19. The van der Waals surface area contributed by atoms with Crippen LogP contribution in [0.4, 0.5) is 0 Å². The lowest BCUT2D eigenvalue weighted by Crippen LogP contribution is -2.24. The summed E-state index contributed by atoms with van der Waals surface area (Å²) in [7, 11) is 0. The lowest BCUT2D eigenvalue weighted by Gasteiger charge is -2.16. The summed E-state index contributed by atoms with van der Waals surface area (Å²) < 4.78 is 10.7. The molecule has 1 heterocycles. The number of para-hydroxylation sites is 1. The Balaban J connectivity index is 1.51. The largest absolute Gasteiger partial charge is 0.487 e.